The third-order valence-corrected chi connectivity index (χ3v) is 2.94. The lowest BCUT2D eigenvalue weighted by Gasteiger charge is -2.11. The SMILES string of the molecule is O=C1CSC(c2cccc(Cl)c2)=NN1. The molecule has 1 aliphatic heterocycles. The summed E-state index contributed by atoms with van der Waals surface area (Å²) in [7, 11) is 0. The Bertz CT molecular complexity index is 406. The minimum Gasteiger partial charge on any atom is -0.272 e. The minimum absolute atomic E-state index is 0.0687. The third kappa shape index (κ3) is 2.08. The number of rotatable bonds is 1. The fraction of sp³-hybridized carbons (Fsp3) is 0.111. The van der Waals surface area contributed by atoms with Crippen LogP contribution in [-0.2, 0) is 4.79 Å². The molecule has 0 fully saturated rings. The molecule has 5 heteroatoms. The van der Waals surface area contributed by atoms with E-state index in [1.54, 1.807) is 6.07 Å². The van der Waals surface area contributed by atoms with Crippen LogP contribution >= 0.6 is 23.4 Å². The van der Waals surface area contributed by atoms with Crippen LogP contribution in [0.5, 0.6) is 0 Å². The molecule has 1 amide bonds. The molecule has 0 saturated carbocycles. The van der Waals surface area contributed by atoms with Crippen molar-refractivity contribution in [2.45, 2.75) is 0 Å². The summed E-state index contributed by atoms with van der Waals surface area (Å²) in [6.45, 7) is 0. The van der Waals surface area contributed by atoms with E-state index in [1.807, 2.05) is 18.2 Å². The first kappa shape index (κ1) is 9.55. The molecule has 1 aromatic carbocycles. The van der Waals surface area contributed by atoms with Gasteiger partial charge in [-0.25, -0.2) is 5.43 Å². The van der Waals surface area contributed by atoms with E-state index in [2.05, 4.69) is 10.5 Å². The predicted molar refractivity (Wildman–Crippen MR) is 58.6 cm³/mol. The molecule has 0 atom stereocenters. The van der Waals surface area contributed by atoms with Crippen LogP contribution in [0.1, 0.15) is 5.56 Å². The fourth-order valence-corrected chi connectivity index (χ4v) is 2.01. The van der Waals surface area contributed by atoms with Gasteiger partial charge in [0.15, 0.2) is 0 Å². The second-order valence-electron chi connectivity index (χ2n) is 2.75. The van der Waals surface area contributed by atoms with Crippen molar-refractivity contribution in [2.75, 3.05) is 5.75 Å². The summed E-state index contributed by atoms with van der Waals surface area (Å²) in [6, 6.07) is 7.40. The first-order chi connectivity index (χ1) is 6.75. The maximum Gasteiger partial charge on any atom is 0.250 e. The summed E-state index contributed by atoms with van der Waals surface area (Å²) in [6.07, 6.45) is 0. The van der Waals surface area contributed by atoms with Crippen molar-refractivity contribution in [2.24, 2.45) is 5.10 Å². The predicted octanol–water partition coefficient (Wildman–Crippen LogP) is 1.86. The van der Waals surface area contributed by atoms with Gasteiger partial charge in [-0.2, -0.15) is 5.10 Å². The standard InChI is InChI=1S/C9H7ClN2OS/c10-7-3-1-2-6(4-7)9-12-11-8(13)5-14-9/h1-4H,5H2,(H,11,13). The van der Waals surface area contributed by atoms with Gasteiger partial charge in [-0.1, -0.05) is 35.5 Å². The lowest BCUT2D eigenvalue weighted by atomic mass is 10.2. The molecule has 1 aromatic rings. The van der Waals surface area contributed by atoms with Crippen LogP contribution in [-0.4, -0.2) is 16.7 Å². The summed E-state index contributed by atoms with van der Waals surface area (Å²) in [5.41, 5.74) is 3.37. The first-order valence-electron chi connectivity index (χ1n) is 4.01. The highest BCUT2D eigenvalue weighted by Crippen LogP contribution is 2.19. The average molecular weight is 227 g/mol. The van der Waals surface area contributed by atoms with Gasteiger partial charge in [0.05, 0.1) is 5.75 Å². The Labute approximate surface area is 90.5 Å². The zero-order valence-corrected chi connectivity index (χ0v) is 8.73. The van der Waals surface area contributed by atoms with Crippen LogP contribution in [0.4, 0.5) is 0 Å². The van der Waals surface area contributed by atoms with Crippen molar-refractivity contribution in [3.63, 3.8) is 0 Å². The van der Waals surface area contributed by atoms with Gasteiger partial charge in [0.2, 0.25) is 0 Å². The average Bonchev–Trinajstić information content (AvgIpc) is 2.19. The summed E-state index contributed by atoms with van der Waals surface area (Å²) in [5, 5.41) is 5.41. The number of amides is 1. The van der Waals surface area contributed by atoms with E-state index in [0.717, 1.165) is 10.6 Å². The molecule has 0 aromatic heterocycles. The van der Waals surface area contributed by atoms with Crippen LogP contribution < -0.4 is 5.43 Å². The fourth-order valence-electron chi connectivity index (χ4n) is 1.08. The second kappa shape index (κ2) is 4.02. The largest absolute Gasteiger partial charge is 0.272 e. The Morgan fingerprint density at radius 1 is 1.50 bits per heavy atom. The van der Waals surface area contributed by atoms with Gasteiger partial charge in [0.25, 0.3) is 5.91 Å². The Morgan fingerprint density at radius 2 is 2.36 bits per heavy atom. The highest BCUT2D eigenvalue weighted by Gasteiger charge is 2.13. The topological polar surface area (TPSA) is 41.5 Å². The zero-order valence-electron chi connectivity index (χ0n) is 7.16. The quantitative estimate of drug-likeness (QED) is 0.794. The molecule has 0 radical (unpaired) electrons. The van der Waals surface area contributed by atoms with E-state index in [1.165, 1.54) is 11.8 Å². The number of carbonyl (C=O) groups is 1. The molecule has 0 aliphatic carbocycles. The molecule has 0 saturated heterocycles. The van der Waals surface area contributed by atoms with Crippen LogP contribution in [0, 0.1) is 0 Å². The van der Waals surface area contributed by atoms with Crippen molar-refractivity contribution in [3.05, 3.63) is 34.9 Å². The van der Waals surface area contributed by atoms with Gasteiger partial charge in [-0.05, 0) is 12.1 Å². The molecule has 0 bridgehead atoms. The van der Waals surface area contributed by atoms with Gasteiger partial charge in [0, 0.05) is 10.6 Å². The molecule has 72 valence electrons. The normalized spacial score (nSPS) is 16.1. The molecule has 14 heavy (non-hydrogen) atoms. The monoisotopic (exact) mass is 226 g/mol. The number of hydrogen-bond acceptors (Lipinski definition) is 3. The van der Waals surface area contributed by atoms with Crippen molar-refractivity contribution in [1.29, 1.82) is 0 Å². The molecule has 1 heterocycles. The van der Waals surface area contributed by atoms with Crippen LogP contribution in [0.25, 0.3) is 0 Å². The molecule has 0 unspecified atom stereocenters. The van der Waals surface area contributed by atoms with E-state index < -0.39 is 0 Å². The number of hydrogen-bond donors (Lipinski definition) is 1. The van der Waals surface area contributed by atoms with Crippen LogP contribution in [0.3, 0.4) is 0 Å². The van der Waals surface area contributed by atoms with Crippen molar-refractivity contribution in [3.8, 4) is 0 Å². The molecule has 3 nitrogen and oxygen atoms in total. The Kier molecular flexibility index (Phi) is 2.74. The lowest BCUT2D eigenvalue weighted by Crippen LogP contribution is -2.26. The highest BCUT2D eigenvalue weighted by atomic mass is 35.5. The van der Waals surface area contributed by atoms with Gasteiger partial charge in [0.1, 0.15) is 5.04 Å². The van der Waals surface area contributed by atoms with E-state index in [-0.39, 0.29) is 5.91 Å². The Balaban J connectivity index is 2.27. The second-order valence-corrected chi connectivity index (χ2v) is 4.15. The summed E-state index contributed by atoms with van der Waals surface area (Å²) in [4.78, 5) is 10.8. The number of halogens is 1. The first-order valence-corrected chi connectivity index (χ1v) is 5.37. The zero-order chi connectivity index (χ0) is 9.97. The number of hydrazone groups is 1. The van der Waals surface area contributed by atoms with E-state index in [9.17, 15) is 4.79 Å². The molecular formula is C9H7ClN2OS. The summed E-state index contributed by atoms with van der Waals surface area (Å²) in [5.74, 6) is 0.339. The number of carbonyl (C=O) groups excluding carboxylic acids is 1. The maximum absolute atomic E-state index is 10.8. The Hall–Kier alpha value is -1.00. The van der Waals surface area contributed by atoms with Crippen molar-refractivity contribution in [1.82, 2.24) is 5.43 Å². The lowest BCUT2D eigenvalue weighted by molar-refractivity contribution is -0.118. The number of nitrogens with zero attached hydrogens (tertiary/aromatic N) is 1. The summed E-state index contributed by atoms with van der Waals surface area (Å²) < 4.78 is 0. The molecule has 1 aliphatic rings. The number of thioether (sulfide) groups is 1. The van der Waals surface area contributed by atoms with Crippen LogP contribution in [0.2, 0.25) is 5.02 Å². The van der Waals surface area contributed by atoms with Gasteiger partial charge in [-0.3, -0.25) is 4.79 Å². The highest BCUT2D eigenvalue weighted by molar-refractivity contribution is 8.15. The van der Waals surface area contributed by atoms with E-state index >= 15 is 0 Å². The van der Waals surface area contributed by atoms with Gasteiger partial charge in [-0.15, -0.1) is 0 Å². The van der Waals surface area contributed by atoms with Crippen molar-refractivity contribution >= 4 is 34.3 Å². The van der Waals surface area contributed by atoms with Crippen LogP contribution in [0.15, 0.2) is 29.4 Å². The molecule has 0 spiro atoms. The van der Waals surface area contributed by atoms with E-state index in [4.69, 9.17) is 11.6 Å². The molecular weight excluding hydrogens is 220 g/mol. The van der Waals surface area contributed by atoms with E-state index in [0.29, 0.717) is 10.8 Å². The minimum atomic E-state index is -0.0687. The smallest absolute Gasteiger partial charge is 0.250 e. The number of nitrogens with one attached hydrogen (secondary N) is 1. The van der Waals surface area contributed by atoms with Gasteiger partial charge >= 0.3 is 0 Å². The Morgan fingerprint density at radius 3 is 3.00 bits per heavy atom. The molecule has 1 N–H and O–H groups in total. The summed E-state index contributed by atoms with van der Waals surface area (Å²) >= 11 is 7.25. The number of benzene rings is 1. The van der Waals surface area contributed by atoms with Crippen molar-refractivity contribution < 1.29 is 4.79 Å². The molecule has 2 rings (SSSR count). The van der Waals surface area contributed by atoms with Gasteiger partial charge < -0.3 is 0 Å². The maximum atomic E-state index is 10.8. The third-order valence-electron chi connectivity index (χ3n) is 1.69.